The molecular formula is C24H26N2O7S. The molecule has 3 rings (SSSR count). The summed E-state index contributed by atoms with van der Waals surface area (Å²) in [5, 5.41) is 2.70. The Hall–Kier alpha value is -3.92. The zero-order chi connectivity index (χ0) is 24.7. The number of rotatable bonds is 10. The molecule has 0 aliphatic carbocycles. The Balaban J connectivity index is 1.67. The topological polar surface area (TPSA) is 112 Å². The van der Waals surface area contributed by atoms with Crippen LogP contribution in [-0.2, 0) is 14.8 Å². The molecule has 0 fully saturated rings. The molecule has 34 heavy (non-hydrogen) atoms. The second kappa shape index (κ2) is 10.8. The molecule has 3 aromatic carbocycles. The Labute approximate surface area is 198 Å². The van der Waals surface area contributed by atoms with E-state index in [4.69, 9.17) is 18.9 Å². The molecular weight excluding hydrogens is 460 g/mol. The summed E-state index contributed by atoms with van der Waals surface area (Å²) in [5.41, 5.74) is 0.685. The maximum atomic E-state index is 12.8. The largest absolute Gasteiger partial charge is 0.497 e. The number of carbonyl (C=O) groups is 1. The van der Waals surface area contributed by atoms with E-state index in [9.17, 15) is 13.2 Å². The van der Waals surface area contributed by atoms with Crippen LogP contribution in [0, 0.1) is 0 Å². The molecule has 2 N–H and O–H groups in total. The predicted octanol–water partition coefficient (Wildman–Crippen LogP) is 3.92. The fourth-order valence-electron chi connectivity index (χ4n) is 3.01. The fraction of sp³-hybridized carbons (Fsp3) is 0.208. The molecule has 3 aromatic rings. The third-order valence-corrected chi connectivity index (χ3v) is 6.21. The zero-order valence-electron chi connectivity index (χ0n) is 19.2. The highest BCUT2D eigenvalue weighted by Gasteiger charge is 2.19. The highest BCUT2D eigenvalue weighted by Crippen LogP contribution is 2.31. The van der Waals surface area contributed by atoms with Crippen LogP contribution in [-0.4, -0.2) is 41.8 Å². The number of ether oxygens (including phenoxy) is 4. The van der Waals surface area contributed by atoms with Crippen molar-refractivity contribution in [3.8, 4) is 23.0 Å². The van der Waals surface area contributed by atoms with E-state index < -0.39 is 22.0 Å². The zero-order valence-corrected chi connectivity index (χ0v) is 20.0. The fourth-order valence-corrected chi connectivity index (χ4v) is 4.08. The first kappa shape index (κ1) is 24.7. The van der Waals surface area contributed by atoms with Gasteiger partial charge in [-0.25, -0.2) is 8.42 Å². The molecule has 0 aliphatic heterocycles. The quantitative estimate of drug-likeness (QED) is 0.447. The SMILES string of the molecule is COc1ccc(NS(=O)(=O)c2ccc(NC(=O)[C@H](C)Oc3ccccc3OC)cc2)c(OC)c1. The smallest absolute Gasteiger partial charge is 0.265 e. The minimum Gasteiger partial charge on any atom is -0.497 e. The molecule has 0 radical (unpaired) electrons. The lowest BCUT2D eigenvalue weighted by molar-refractivity contribution is -0.122. The van der Waals surface area contributed by atoms with Gasteiger partial charge < -0.3 is 24.3 Å². The predicted molar refractivity (Wildman–Crippen MR) is 129 cm³/mol. The van der Waals surface area contributed by atoms with Gasteiger partial charge in [0.05, 0.1) is 31.9 Å². The number of hydrogen-bond acceptors (Lipinski definition) is 7. The summed E-state index contributed by atoms with van der Waals surface area (Å²) in [7, 11) is 0.556. The van der Waals surface area contributed by atoms with Crippen LogP contribution < -0.4 is 29.0 Å². The van der Waals surface area contributed by atoms with Gasteiger partial charge in [0.15, 0.2) is 17.6 Å². The first-order chi connectivity index (χ1) is 16.3. The molecule has 1 amide bonds. The van der Waals surface area contributed by atoms with Crippen molar-refractivity contribution >= 4 is 27.3 Å². The van der Waals surface area contributed by atoms with E-state index in [1.807, 2.05) is 0 Å². The number of anilines is 2. The van der Waals surface area contributed by atoms with Gasteiger partial charge in [0.25, 0.3) is 15.9 Å². The van der Waals surface area contributed by atoms with Crippen molar-refractivity contribution < 1.29 is 32.2 Å². The number of methoxy groups -OCH3 is 3. The normalized spacial score (nSPS) is 11.8. The third kappa shape index (κ3) is 5.90. The molecule has 0 saturated heterocycles. The number of sulfonamides is 1. The molecule has 0 bridgehead atoms. The Kier molecular flexibility index (Phi) is 7.85. The van der Waals surface area contributed by atoms with Gasteiger partial charge in [0.2, 0.25) is 0 Å². The molecule has 9 nitrogen and oxygen atoms in total. The maximum Gasteiger partial charge on any atom is 0.265 e. The van der Waals surface area contributed by atoms with Crippen molar-refractivity contribution in [1.82, 2.24) is 0 Å². The summed E-state index contributed by atoms with van der Waals surface area (Å²) in [4.78, 5) is 12.5. The number of amides is 1. The van der Waals surface area contributed by atoms with Crippen LogP contribution in [0.2, 0.25) is 0 Å². The van der Waals surface area contributed by atoms with Crippen molar-refractivity contribution in [3.05, 3.63) is 66.7 Å². The van der Waals surface area contributed by atoms with Crippen LogP contribution >= 0.6 is 0 Å². The number of carbonyl (C=O) groups excluding carboxylic acids is 1. The van der Waals surface area contributed by atoms with Crippen LogP contribution in [0.3, 0.4) is 0 Å². The lowest BCUT2D eigenvalue weighted by Gasteiger charge is -2.17. The van der Waals surface area contributed by atoms with E-state index in [1.54, 1.807) is 49.4 Å². The Morgan fingerprint density at radius 3 is 2.09 bits per heavy atom. The van der Waals surface area contributed by atoms with Crippen LogP contribution in [0.15, 0.2) is 71.6 Å². The summed E-state index contributed by atoms with van der Waals surface area (Å²) >= 11 is 0. The van der Waals surface area contributed by atoms with Gasteiger partial charge >= 0.3 is 0 Å². The van der Waals surface area contributed by atoms with Crippen molar-refractivity contribution in [1.29, 1.82) is 0 Å². The van der Waals surface area contributed by atoms with Gasteiger partial charge in [-0.2, -0.15) is 0 Å². The molecule has 10 heteroatoms. The van der Waals surface area contributed by atoms with Crippen molar-refractivity contribution in [2.45, 2.75) is 17.9 Å². The summed E-state index contributed by atoms with van der Waals surface area (Å²) in [6.07, 6.45) is -0.816. The minimum absolute atomic E-state index is 0.0155. The highest BCUT2D eigenvalue weighted by molar-refractivity contribution is 7.92. The van der Waals surface area contributed by atoms with E-state index in [-0.39, 0.29) is 10.6 Å². The molecule has 1 atom stereocenters. The van der Waals surface area contributed by atoms with Crippen LogP contribution in [0.25, 0.3) is 0 Å². The number of para-hydroxylation sites is 2. The standard InChI is InChI=1S/C24H26N2O7S/c1-16(33-22-8-6-5-7-21(22)31-3)24(27)25-17-9-12-19(13-10-17)34(28,29)26-20-14-11-18(30-2)15-23(20)32-4/h5-16,26H,1-4H3,(H,25,27)/t16-/m0/s1. The van der Waals surface area contributed by atoms with Gasteiger partial charge in [-0.1, -0.05) is 12.1 Å². The maximum absolute atomic E-state index is 12.8. The minimum atomic E-state index is -3.90. The highest BCUT2D eigenvalue weighted by atomic mass is 32.2. The average molecular weight is 487 g/mol. The first-order valence-electron chi connectivity index (χ1n) is 10.2. The van der Waals surface area contributed by atoms with Crippen molar-refractivity contribution in [2.24, 2.45) is 0 Å². The van der Waals surface area contributed by atoms with Crippen LogP contribution in [0.5, 0.6) is 23.0 Å². The van der Waals surface area contributed by atoms with E-state index in [1.165, 1.54) is 45.6 Å². The summed E-state index contributed by atoms with van der Waals surface area (Å²) in [5.74, 6) is 1.40. The average Bonchev–Trinajstić information content (AvgIpc) is 2.84. The van der Waals surface area contributed by atoms with E-state index in [0.29, 0.717) is 28.7 Å². The van der Waals surface area contributed by atoms with Gasteiger partial charge in [0, 0.05) is 11.8 Å². The molecule has 0 aliphatic rings. The monoisotopic (exact) mass is 486 g/mol. The Morgan fingerprint density at radius 1 is 0.824 bits per heavy atom. The number of nitrogens with one attached hydrogen (secondary N) is 2. The Morgan fingerprint density at radius 2 is 1.47 bits per heavy atom. The molecule has 0 spiro atoms. The molecule has 0 saturated carbocycles. The molecule has 0 heterocycles. The third-order valence-electron chi connectivity index (χ3n) is 4.83. The summed E-state index contributed by atoms with van der Waals surface area (Å²) < 4.78 is 49.4. The van der Waals surface area contributed by atoms with Gasteiger partial charge in [-0.15, -0.1) is 0 Å². The first-order valence-corrected chi connectivity index (χ1v) is 11.7. The van der Waals surface area contributed by atoms with Crippen molar-refractivity contribution in [2.75, 3.05) is 31.4 Å². The van der Waals surface area contributed by atoms with Gasteiger partial charge in [0.1, 0.15) is 11.5 Å². The van der Waals surface area contributed by atoms with E-state index in [2.05, 4.69) is 10.0 Å². The molecule has 0 unspecified atom stereocenters. The van der Waals surface area contributed by atoms with E-state index >= 15 is 0 Å². The Bertz CT molecular complexity index is 1240. The molecule has 180 valence electrons. The summed E-state index contributed by atoms with van der Waals surface area (Å²) in [6.45, 7) is 1.60. The van der Waals surface area contributed by atoms with Crippen LogP contribution in [0.1, 0.15) is 6.92 Å². The second-order valence-electron chi connectivity index (χ2n) is 7.10. The van der Waals surface area contributed by atoms with Gasteiger partial charge in [-0.3, -0.25) is 9.52 Å². The summed E-state index contributed by atoms with van der Waals surface area (Å²) in [6, 6.07) is 17.5. The number of benzene rings is 3. The van der Waals surface area contributed by atoms with E-state index in [0.717, 1.165) is 0 Å². The molecule has 0 aromatic heterocycles. The van der Waals surface area contributed by atoms with Crippen molar-refractivity contribution in [3.63, 3.8) is 0 Å². The number of hydrogen-bond donors (Lipinski definition) is 2. The van der Waals surface area contributed by atoms with Gasteiger partial charge in [-0.05, 0) is 55.5 Å². The second-order valence-corrected chi connectivity index (χ2v) is 8.78. The lowest BCUT2D eigenvalue weighted by atomic mass is 10.3. The lowest BCUT2D eigenvalue weighted by Crippen LogP contribution is -2.30. The van der Waals surface area contributed by atoms with Crippen LogP contribution in [0.4, 0.5) is 11.4 Å².